The number of hydrogen-bond acceptors (Lipinski definition) is 3. The Morgan fingerprint density at radius 1 is 0.864 bits per heavy atom. The number of hydrogen-bond donors (Lipinski definition) is 4. The molecule has 0 fully saturated rings. The number of urea groups is 1. The fourth-order valence-electron chi connectivity index (χ4n) is 2.01. The number of phenolic OH excluding ortho intramolecular Hbond substituents is 2. The van der Waals surface area contributed by atoms with Crippen LogP contribution >= 0.6 is 0 Å². The van der Waals surface area contributed by atoms with E-state index in [0.29, 0.717) is 11.4 Å². The van der Waals surface area contributed by atoms with Crippen LogP contribution in [0.2, 0.25) is 0 Å². The first kappa shape index (κ1) is 15.7. The van der Waals surface area contributed by atoms with Gasteiger partial charge in [-0.25, -0.2) is 4.79 Å². The molecule has 2 amide bonds. The molecule has 0 aliphatic rings. The van der Waals surface area contributed by atoms with Gasteiger partial charge < -0.3 is 20.8 Å². The third kappa shape index (κ3) is 4.15. The highest BCUT2D eigenvalue weighted by molar-refractivity contribution is 5.99. The fraction of sp³-hybridized carbons (Fsp3) is 0.235. The molecule has 0 saturated carbocycles. The van der Waals surface area contributed by atoms with Crippen LogP contribution in [0, 0.1) is 0 Å². The van der Waals surface area contributed by atoms with Crippen molar-refractivity contribution in [3.8, 4) is 11.5 Å². The molecule has 0 unspecified atom stereocenters. The van der Waals surface area contributed by atoms with Crippen molar-refractivity contribution in [2.24, 2.45) is 0 Å². The van der Waals surface area contributed by atoms with Crippen LogP contribution < -0.4 is 10.6 Å². The number of carbonyl (C=O) groups excluding carboxylic acids is 1. The number of nitrogens with one attached hydrogen (secondary N) is 2. The lowest BCUT2D eigenvalue weighted by atomic mass is 9.87. The fourth-order valence-corrected chi connectivity index (χ4v) is 2.01. The van der Waals surface area contributed by atoms with E-state index < -0.39 is 6.03 Å². The Morgan fingerprint density at radius 2 is 1.36 bits per heavy atom. The molecule has 0 aromatic heterocycles. The molecular weight excluding hydrogens is 280 g/mol. The van der Waals surface area contributed by atoms with Crippen molar-refractivity contribution >= 4 is 17.4 Å². The maximum absolute atomic E-state index is 11.9. The van der Waals surface area contributed by atoms with Crippen LogP contribution in [-0.2, 0) is 5.41 Å². The average molecular weight is 300 g/mol. The minimum atomic E-state index is -0.450. The predicted molar refractivity (Wildman–Crippen MR) is 87.6 cm³/mol. The van der Waals surface area contributed by atoms with Crippen LogP contribution in [0.3, 0.4) is 0 Å². The van der Waals surface area contributed by atoms with E-state index in [2.05, 4.69) is 31.4 Å². The summed E-state index contributed by atoms with van der Waals surface area (Å²) in [5.74, 6) is -0.241. The summed E-state index contributed by atoms with van der Waals surface area (Å²) in [6.07, 6.45) is 0. The predicted octanol–water partition coefficient (Wildman–Crippen LogP) is 4.04. The van der Waals surface area contributed by atoms with E-state index in [4.69, 9.17) is 0 Å². The van der Waals surface area contributed by atoms with Crippen LogP contribution in [0.25, 0.3) is 0 Å². The monoisotopic (exact) mass is 300 g/mol. The summed E-state index contributed by atoms with van der Waals surface area (Å²) in [4.78, 5) is 11.9. The van der Waals surface area contributed by atoms with Gasteiger partial charge in [0, 0.05) is 29.6 Å². The number of anilines is 2. The Bertz CT molecular complexity index is 653. The topological polar surface area (TPSA) is 81.6 Å². The van der Waals surface area contributed by atoms with Crippen LogP contribution in [0.4, 0.5) is 16.2 Å². The summed E-state index contributed by atoms with van der Waals surface area (Å²) >= 11 is 0. The molecule has 0 radical (unpaired) electrons. The van der Waals surface area contributed by atoms with Gasteiger partial charge in [-0.3, -0.25) is 0 Å². The zero-order valence-corrected chi connectivity index (χ0v) is 12.8. The number of benzene rings is 2. The second kappa shape index (κ2) is 5.97. The van der Waals surface area contributed by atoms with Gasteiger partial charge in [-0.15, -0.1) is 0 Å². The van der Waals surface area contributed by atoms with Crippen molar-refractivity contribution in [3.05, 3.63) is 48.0 Å². The van der Waals surface area contributed by atoms with Crippen molar-refractivity contribution in [2.45, 2.75) is 26.2 Å². The average Bonchev–Trinajstić information content (AvgIpc) is 2.36. The first-order valence-electron chi connectivity index (χ1n) is 6.95. The van der Waals surface area contributed by atoms with E-state index in [1.807, 2.05) is 24.3 Å². The van der Waals surface area contributed by atoms with Crippen LogP contribution in [0.5, 0.6) is 11.5 Å². The molecule has 0 saturated heterocycles. The highest BCUT2D eigenvalue weighted by Crippen LogP contribution is 2.25. The first-order valence-corrected chi connectivity index (χ1v) is 6.95. The smallest absolute Gasteiger partial charge is 0.323 e. The highest BCUT2D eigenvalue weighted by atomic mass is 16.3. The first-order chi connectivity index (χ1) is 10.2. The number of rotatable bonds is 2. The Hall–Kier alpha value is -2.69. The summed E-state index contributed by atoms with van der Waals surface area (Å²) in [5, 5.41) is 24.0. The van der Waals surface area contributed by atoms with E-state index in [-0.39, 0.29) is 16.9 Å². The lowest BCUT2D eigenvalue weighted by Crippen LogP contribution is -2.19. The quantitative estimate of drug-likeness (QED) is 0.675. The normalized spacial score (nSPS) is 11.0. The molecule has 0 bridgehead atoms. The van der Waals surface area contributed by atoms with Gasteiger partial charge in [0.1, 0.15) is 11.5 Å². The molecule has 116 valence electrons. The van der Waals surface area contributed by atoms with Crippen molar-refractivity contribution in [1.82, 2.24) is 0 Å². The summed E-state index contributed by atoms with van der Waals surface area (Å²) in [7, 11) is 0. The molecule has 0 atom stereocenters. The Balaban J connectivity index is 2.03. The Labute approximate surface area is 129 Å². The molecule has 2 aromatic rings. The maximum Gasteiger partial charge on any atom is 0.323 e. The van der Waals surface area contributed by atoms with E-state index in [9.17, 15) is 15.0 Å². The van der Waals surface area contributed by atoms with Crippen molar-refractivity contribution in [1.29, 1.82) is 0 Å². The number of phenols is 2. The molecule has 2 aromatic carbocycles. The summed E-state index contributed by atoms with van der Waals surface area (Å²) in [5.41, 5.74) is 2.20. The highest BCUT2D eigenvalue weighted by Gasteiger charge is 2.13. The standard InChI is InChI=1S/C17H20N2O3/c1-17(2,3)11-4-6-12(7-5-11)18-16(22)19-13-8-14(20)10-15(21)9-13/h4-10,20-21H,1-3H3,(H2,18,19,22). The summed E-state index contributed by atoms with van der Waals surface area (Å²) in [6, 6.07) is 11.0. The van der Waals surface area contributed by atoms with Gasteiger partial charge in [0.15, 0.2) is 0 Å². The molecule has 22 heavy (non-hydrogen) atoms. The lowest BCUT2D eigenvalue weighted by Gasteiger charge is -2.19. The lowest BCUT2D eigenvalue weighted by molar-refractivity contribution is 0.262. The Kier molecular flexibility index (Phi) is 4.26. The zero-order chi connectivity index (χ0) is 16.3. The maximum atomic E-state index is 11.9. The molecule has 2 rings (SSSR count). The molecule has 5 nitrogen and oxygen atoms in total. The molecular formula is C17H20N2O3. The molecule has 0 heterocycles. The third-order valence-electron chi connectivity index (χ3n) is 3.17. The van der Waals surface area contributed by atoms with E-state index in [1.165, 1.54) is 23.8 Å². The van der Waals surface area contributed by atoms with Crippen molar-refractivity contribution in [2.75, 3.05) is 10.6 Å². The van der Waals surface area contributed by atoms with Crippen molar-refractivity contribution in [3.63, 3.8) is 0 Å². The van der Waals surface area contributed by atoms with Gasteiger partial charge >= 0.3 is 6.03 Å². The van der Waals surface area contributed by atoms with Gasteiger partial charge in [-0.05, 0) is 23.1 Å². The second-order valence-electron chi connectivity index (χ2n) is 6.14. The van der Waals surface area contributed by atoms with Gasteiger partial charge in [0.05, 0.1) is 0 Å². The number of aromatic hydroxyl groups is 2. The van der Waals surface area contributed by atoms with Crippen molar-refractivity contribution < 1.29 is 15.0 Å². The minimum Gasteiger partial charge on any atom is -0.508 e. The summed E-state index contributed by atoms with van der Waals surface area (Å²) < 4.78 is 0. The zero-order valence-electron chi connectivity index (χ0n) is 12.8. The van der Waals surface area contributed by atoms with Gasteiger partial charge in [0.2, 0.25) is 0 Å². The van der Waals surface area contributed by atoms with E-state index in [1.54, 1.807) is 0 Å². The number of amides is 2. The minimum absolute atomic E-state index is 0.0554. The molecule has 4 N–H and O–H groups in total. The number of carbonyl (C=O) groups is 1. The van der Waals surface area contributed by atoms with Crippen LogP contribution in [0.15, 0.2) is 42.5 Å². The second-order valence-corrected chi connectivity index (χ2v) is 6.14. The van der Waals surface area contributed by atoms with Crippen LogP contribution in [0.1, 0.15) is 26.3 Å². The van der Waals surface area contributed by atoms with Crippen LogP contribution in [-0.4, -0.2) is 16.2 Å². The van der Waals surface area contributed by atoms with Gasteiger partial charge in [0.25, 0.3) is 0 Å². The summed E-state index contributed by atoms with van der Waals surface area (Å²) in [6.45, 7) is 6.36. The largest absolute Gasteiger partial charge is 0.508 e. The van der Waals surface area contributed by atoms with Gasteiger partial charge in [-0.1, -0.05) is 32.9 Å². The molecule has 0 aliphatic heterocycles. The molecule has 0 aliphatic carbocycles. The molecule has 0 spiro atoms. The SMILES string of the molecule is CC(C)(C)c1ccc(NC(=O)Nc2cc(O)cc(O)c2)cc1. The van der Waals surface area contributed by atoms with E-state index in [0.717, 1.165) is 0 Å². The van der Waals surface area contributed by atoms with E-state index >= 15 is 0 Å². The molecule has 5 heteroatoms. The van der Waals surface area contributed by atoms with Gasteiger partial charge in [-0.2, -0.15) is 0 Å². The Morgan fingerprint density at radius 3 is 1.86 bits per heavy atom. The third-order valence-corrected chi connectivity index (χ3v) is 3.17.